The number of hydrogen-bond donors (Lipinski definition) is 1. The summed E-state index contributed by atoms with van der Waals surface area (Å²) in [4.78, 5) is 15.9. The number of aliphatic imine (C=N–C) groups is 1. The van der Waals surface area contributed by atoms with E-state index in [9.17, 15) is 4.79 Å². The summed E-state index contributed by atoms with van der Waals surface area (Å²) >= 11 is 0. The number of nitrogens with two attached hydrogens (primary N) is 1. The first-order chi connectivity index (χ1) is 8.13. The Kier molecular flexibility index (Phi) is 4.46. The van der Waals surface area contributed by atoms with Crippen molar-refractivity contribution in [3.8, 4) is 5.75 Å². The van der Waals surface area contributed by atoms with E-state index in [4.69, 9.17) is 10.5 Å². The average Bonchev–Trinajstić information content (AvgIpc) is 2.34. The fourth-order valence-corrected chi connectivity index (χ4v) is 1.46. The molecule has 0 aromatic heterocycles. The summed E-state index contributed by atoms with van der Waals surface area (Å²) in [5, 5.41) is 0. The van der Waals surface area contributed by atoms with E-state index in [2.05, 4.69) is 4.99 Å². The summed E-state index contributed by atoms with van der Waals surface area (Å²) in [5.41, 5.74) is 7.26. The summed E-state index contributed by atoms with van der Waals surface area (Å²) in [7, 11) is 3.12. The second-order valence-corrected chi connectivity index (χ2v) is 3.54. The Balaban J connectivity index is 3.20. The number of aryl methyl sites for hydroxylation is 1. The summed E-state index contributed by atoms with van der Waals surface area (Å²) in [6.45, 7) is 1.93. The molecule has 0 aliphatic carbocycles. The molecule has 0 fully saturated rings. The quantitative estimate of drug-likeness (QED) is 0.488. The maximum Gasteiger partial charge on any atom is 0.199 e. The SMILES string of the molecule is CN=C/C(=C\N)C(=O)c1ccc(C)cc1OC. The van der Waals surface area contributed by atoms with Crippen molar-refractivity contribution in [1.29, 1.82) is 0 Å². The third-order valence-corrected chi connectivity index (χ3v) is 2.31. The van der Waals surface area contributed by atoms with E-state index < -0.39 is 0 Å². The summed E-state index contributed by atoms with van der Waals surface area (Å²) in [5.74, 6) is 0.341. The fourth-order valence-electron chi connectivity index (χ4n) is 1.46. The van der Waals surface area contributed by atoms with Gasteiger partial charge in [0.15, 0.2) is 5.78 Å². The molecule has 0 amide bonds. The standard InChI is InChI=1S/C13H16N2O2/c1-9-4-5-11(12(6-9)17-3)13(16)10(7-14)8-15-2/h4-8H,14H2,1-3H3/b10-7+,15-8?. The number of benzene rings is 1. The Morgan fingerprint density at radius 3 is 2.71 bits per heavy atom. The molecule has 0 spiro atoms. The molecule has 0 saturated carbocycles. The van der Waals surface area contributed by atoms with Gasteiger partial charge in [-0.15, -0.1) is 0 Å². The number of methoxy groups -OCH3 is 1. The van der Waals surface area contributed by atoms with Crippen molar-refractivity contribution in [1.82, 2.24) is 0 Å². The van der Waals surface area contributed by atoms with Crippen LogP contribution in [0.25, 0.3) is 0 Å². The van der Waals surface area contributed by atoms with E-state index >= 15 is 0 Å². The number of ether oxygens (including phenoxy) is 1. The largest absolute Gasteiger partial charge is 0.496 e. The molecule has 1 aromatic carbocycles. The van der Waals surface area contributed by atoms with Crippen LogP contribution in [0.1, 0.15) is 15.9 Å². The number of Topliss-reactive ketones (excluding diaryl/α,β-unsaturated/α-hetero) is 1. The van der Waals surface area contributed by atoms with E-state index in [0.29, 0.717) is 16.9 Å². The van der Waals surface area contributed by atoms with Crippen LogP contribution < -0.4 is 10.5 Å². The zero-order chi connectivity index (χ0) is 12.8. The van der Waals surface area contributed by atoms with E-state index in [1.165, 1.54) is 19.5 Å². The summed E-state index contributed by atoms with van der Waals surface area (Å²) < 4.78 is 5.19. The number of carbonyl (C=O) groups excluding carboxylic acids is 1. The van der Waals surface area contributed by atoms with Gasteiger partial charge in [-0.25, -0.2) is 0 Å². The molecule has 0 radical (unpaired) electrons. The maximum atomic E-state index is 12.1. The van der Waals surface area contributed by atoms with Gasteiger partial charge in [-0.2, -0.15) is 0 Å². The zero-order valence-corrected chi connectivity index (χ0v) is 10.2. The molecule has 0 aliphatic heterocycles. The van der Waals surface area contributed by atoms with Gasteiger partial charge in [0.2, 0.25) is 0 Å². The molecule has 4 heteroatoms. The van der Waals surface area contributed by atoms with Crippen LogP contribution in [-0.2, 0) is 0 Å². The monoisotopic (exact) mass is 232 g/mol. The van der Waals surface area contributed by atoms with Crippen LogP contribution in [-0.4, -0.2) is 26.2 Å². The van der Waals surface area contributed by atoms with Gasteiger partial charge in [-0.05, 0) is 24.6 Å². The van der Waals surface area contributed by atoms with E-state index in [-0.39, 0.29) is 5.78 Å². The van der Waals surface area contributed by atoms with Crippen LogP contribution in [0.15, 0.2) is 35.0 Å². The van der Waals surface area contributed by atoms with Crippen LogP contribution >= 0.6 is 0 Å². The molecule has 0 saturated heterocycles. The second-order valence-electron chi connectivity index (χ2n) is 3.54. The van der Waals surface area contributed by atoms with Crippen molar-refractivity contribution >= 4 is 12.0 Å². The molecule has 1 rings (SSSR count). The molecular weight excluding hydrogens is 216 g/mol. The highest BCUT2D eigenvalue weighted by molar-refractivity contribution is 6.22. The Morgan fingerprint density at radius 1 is 1.47 bits per heavy atom. The molecule has 0 atom stereocenters. The van der Waals surface area contributed by atoms with Crippen molar-refractivity contribution in [2.75, 3.05) is 14.2 Å². The van der Waals surface area contributed by atoms with Gasteiger partial charge < -0.3 is 10.5 Å². The number of carbonyl (C=O) groups is 1. The molecule has 90 valence electrons. The lowest BCUT2D eigenvalue weighted by Gasteiger charge is -2.08. The third-order valence-electron chi connectivity index (χ3n) is 2.31. The van der Waals surface area contributed by atoms with E-state index in [1.807, 2.05) is 19.1 Å². The number of nitrogens with zero attached hydrogens (tertiary/aromatic N) is 1. The van der Waals surface area contributed by atoms with Crippen LogP contribution in [0.2, 0.25) is 0 Å². The van der Waals surface area contributed by atoms with Crippen molar-refractivity contribution < 1.29 is 9.53 Å². The van der Waals surface area contributed by atoms with Crippen LogP contribution in [0, 0.1) is 6.92 Å². The first kappa shape index (κ1) is 13.0. The highest BCUT2D eigenvalue weighted by Gasteiger charge is 2.15. The second kappa shape index (κ2) is 5.84. The molecule has 0 bridgehead atoms. The van der Waals surface area contributed by atoms with Gasteiger partial charge >= 0.3 is 0 Å². The van der Waals surface area contributed by atoms with Gasteiger partial charge in [0.05, 0.1) is 18.2 Å². The Morgan fingerprint density at radius 2 is 2.18 bits per heavy atom. The van der Waals surface area contributed by atoms with Gasteiger partial charge in [0.1, 0.15) is 5.75 Å². The lowest BCUT2D eigenvalue weighted by molar-refractivity contribution is 0.103. The number of allylic oxidation sites excluding steroid dienone is 1. The number of ketones is 1. The lowest BCUT2D eigenvalue weighted by atomic mass is 10.0. The normalized spacial score (nSPS) is 11.8. The van der Waals surface area contributed by atoms with Gasteiger partial charge in [0, 0.05) is 19.5 Å². The summed E-state index contributed by atoms with van der Waals surface area (Å²) in [6.07, 6.45) is 2.68. The van der Waals surface area contributed by atoms with Crippen LogP contribution in [0.5, 0.6) is 5.75 Å². The molecule has 2 N–H and O–H groups in total. The minimum Gasteiger partial charge on any atom is -0.496 e. The van der Waals surface area contributed by atoms with Crippen molar-refractivity contribution in [2.24, 2.45) is 10.7 Å². The smallest absolute Gasteiger partial charge is 0.199 e. The van der Waals surface area contributed by atoms with Crippen molar-refractivity contribution in [2.45, 2.75) is 6.92 Å². The highest BCUT2D eigenvalue weighted by Crippen LogP contribution is 2.22. The minimum atomic E-state index is -0.199. The Bertz CT molecular complexity index is 476. The van der Waals surface area contributed by atoms with Crippen LogP contribution in [0.4, 0.5) is 0 Å². The predicted molar refractivity (Wildman–Crippen MR) is 68.7 cm³/mol. The molecule has 0 unspecified atom stereocenters. The molecule has 17 heavy (non-hydrogen) atoms. The highest BCUT2D eigenvalue weighted by atomic mass is 16.5. The Labute approximate surface area is 101 Å². The van der Waals surface area contributed by atoms with Gasteiger partial charge in [0.25, 0.3) is 0 Å². The molecule has 0 heterocycles. The Hall–Kier alpha value is -2.10. The first-order valence-corrected chi connectivity index (χ1v) is 5.17. The van der Waals surface area contributed by atoms with Crippen molar-refractivity contribution in [3.05, 3.63) is 41.1 Å². The minimum absolute atomic E-state index is 0.199. The maximum absolute atomic E-state index is 12.1. The molecule has 0 aliphatic rings. The van der Waals surface area contributed by atoms with Gasteiger partial charge in [-0.1, -0.05) is 6.07 Å². The average molecular weight is 232 g/mol. The molecule has 4 nitrogen and oxygen atoms in total. The van der Waals surface area contributed by atoms with E-state index in [0.717, 1.165) is 5.56 Å². The zero-order valence-electron chi connectivity index (χ0n) is 10.2. The van der Waals surface area contributed by atoms with Crippen molar-refractivity contribution in [3.63, 3.8) is 0 Å². The fraction of sp³-hybridized carbons (Fsp3) is 0.231. The van der Waals surface area contributed by atoms with Crippen LogP contribution in [0.3, 0.4) is 0 Å². The molecule has 1 aromatic rings. The summed E-state index contributed by atoms with van der Waals surface area (Å²) in [6, 6.07) is 5.39. The topological polar surface area (TPSA) is 64.7 Å². The number of rotatable bonds is 4. The predicted octanol–water partition coefficient (Wildman–Crippen LogP) is 1.73. The number of hydrogen-bond acceptors (Lipinski definition) is 4. The van der Waals surface area contributed by atoms with E-state index in [1.54, 1.807) is 13.1 Å². The molecular formula is C13H16N2O2. The third kappa shape index (κ3) is 2.93. The first-order valence-electron chi connectivity index (χ1n) is 5.17. The van der Waals surface area contributed by atoms with Gasteiger partial charge in [-0.3, -0.25) is 9.79 Å². The lowest BCUT2D eigenvalue weighted by Crippen LogP contribution is -2.08.